The summed E-state index contributed by atoms with van der Waals surface area (Å²) in [5, 5.41) is 0. The lowest BCUT2D eigenvalue weighted by Gasteiger charge is -2.10. The van der Waals surface area contributed by atoms with E-state index in [0.29, 0.717) is 5.69 Å². The van der Waals surface area contributed by atoms with E-state index in [1.807, 2.05) is 55.5 Å². The predicted molar refractivity (Wildman–Crippen MR) is 93.9 cm³/mol. The molecule has 116 valence electrons. The van der Waals surface area contributed by atoms with Crippen LogP contribution in [0.15, 0.2) is 83.8 Å². The zero-order chi connectivity index (χ0) is 16.3. The Labute approximate surface area is 136 Å². The number of anilines is 1. The minimum atomic E-state index is -3.58. The highest BCUT2D eigenvalue weighted by molar-refractivity contribution is 7.92. The first kappa shape index (κ1) is 15.3. The van der Waals surface area contributed by atoms with Crippen molar-refractivity contribution >= 4 is 15.7 Å². The van der Waals surface area contributed by atoms with Crippen LogP contribution in [0.2, 0.25) is 0 Å². The molecule has 0 bridgehead atoms. The molecular formula is C19H17NO2S. The summed E-state index contributed by atoms with van der Waals surface area (Å²) in [5.41, 5.74) is 3.58. The van der Waals surface area contributed by atoms with Gasteiger partial charge in [0, 0.05) is 5.69 Å². The lowest BCUT2D eigenvalue weighted by Crippen LogP contribution is -2.12. The average Bonchev–Trinajstić information content (AvgIpc) is 2.56. The second-order valence-corrected chi connectivity index (χ2v) is 7.05. The monoisotopic (exact) mass is 323 g/mol. The molecule has 0 saturated heterocycles. The summed E-state index contributed by atoms with van der Waals surface area (Å²) in [6.07, 6.45) is 0. The van der Waals surface area contributed by atoms with E-state index in [0.717, 1.165) is 16.7 Å². The van der Waals surface area contributed by atoms with Crippen LogP contribution >= 0.6 is 0 Å². The van der Waals surface area contributed by atoms with Crippen molar-refractivity contribution in [1.82, 2.24) is 0 Å². The minimum Gasteiger partial charge on any atom is -0.280 e. The molecule has 1 N–H and O–H groups in total. The van der Waals surface area contributed by atoms with E-state index in [4.69, 9.17) is 0 Å². The number of hydrogen-bond donors (Lipinski definition) is 1. The van der Waals surface area contributed by atoms with Gasteiger partial charge in [-0.2, -0.15) is 0 Å². The van der Waals surface area contributed by atoms with Crippen LogP contribution in [0.3, 0.4) is 0 Å². The van der Waals surface area contributed by atoms with Gasteiger partial charge < -0.3 is 0 Å². The maximum absolute atomic E-state index is 12.4. The van der Waals surface area contributed by atoms with E-state index in [1.54, 1.807) is 30.3 Å². The van der Waals surface area contributed by atoms with Crippen LogP contribution < -0.4 is 4.72 Å². The fourth-order valence-corrected chi connectivity index (χ4v) is 3.37. The quantitative estimate of drug-likeness (QED) is 0.770. The fraction of sp³-hybridized carbons (Fsp3) is 0.0526. The summed E-state index contributed by atoms with van der Waals surface area (Å²) in [6.45, 7) is 1.92. The van der Waals surface area contributed by atoms with Gasteiger partial charge in [-0.05, 0) is 42.3 Å². The molecule has 0 aliphatic carbocycles. The van der Waals surface area contributed by atoms with Gasteiger partial charge in [-0.1, -0.05) is 60.2 Å². The van der Waals surface area contributed by atoms with Crippen molar-refractivity contribution in [2.75, 3.05) is 4.72 Å². The van der Waals surface area contributed by atoms with Gasteiger partial charge in [0.25, 0.3) is 10.0 Å². The van der Waals surface area contributed by atoms with E-state index in [2.05, 4.69) is 4.72 Å². The first-order valence-corrected chi connectivity index (χ1v) is 8.78. The molecule has 4 heteroatoms. The van der Waals surface area contributed by atoms with Crippen LogP contribution in [0.25, 0.3) is 11.1 Å². The topological polar surface area (TPSA) is 46.2 Å². The molecule has 0 spiro atoms. The maximum atomic E-state index is 12.4. The van der Waals surface area contributed by atoms with E-state index >= 15 is 0 Å². The molecule has 0 radical (unpaired) electrons. The van der Waals surface area contributed by atoms with Crippen LogP contribution in [-0.2, 0) is 10.0 Å². The Morgan fingerprint density at radius 3 is 2.09 bits per heavy atom. The molecule has 0 unspecified atom stereocenters. The van der Waals surface area contributed by atoms with E-state index in [9.17, 15) is 8.42 Å². The number of sulfonamides is 1. The van der Waals surface area contributed by atoms with Gasteiger partial charge >= 0.3 is 0 Å². The highest BCUT2D eigenvalue weighted by Gasteiger charge is 2.14. The molecule has 0 heterocycles. The molecule has 23 heavy (non-hydrogen) atoms. The molecule has 0 aromatic heterocycles. The molecule has 0 fully saturated rings. The number of hydrogen-bond acceptors (Lipinski definition) is 2. The third-order valence-electron chi connectivity index (χ3n) is 3.55. The largest absolute Gasteiger partial charge is 0.280 e. The van der Waals surface area contributed by atoms with Crippen molar-refractivity contribution in [1.29, 1.82) is 0 Å². The fourth-order valence-electron chi connectivity index (χ4n) is 2.32. The average molecular weight is 323 g/mol. The summed E-state index contributed by atoms with van der Waals surface area (Å²) in [7, 11) is -3.58. The molecule has 0 aliphatic heterocycles. The first-order valence-electron chi connectivity index (χ1n) is 7.29. The molecule has 0 amide bonds. The Kier molecular flexibility index (Phi) is 4.17. The van der Waals surface area contributed by atoms with Gasteiger partial charge in [-0.3, -0.25) is 4.72 Å². The Hall–Kier alpha value is -2.59. The zero-order valence-corrected chi connectivity index (χ0v) is 13.5. The standard InChI is InChI=1S/C19H17NO2S/c1-15-10-12-19(13-11-15)23(21,22)20-18-9-5-8-17(14-18)16-6-3-2-4-7-16/h2-14,20H,1H3. The van der Waals surface area contributed by atoms with Crippen LogP contribution in [-0.4, -0.2) is 8.42 Å². The van der Waals surface area contributed by atoms with Gasteiger partial charge in [0.1, 0.15) is 0 Å². The molecule has 3 aromatic carbocycles. The van der Waals surface area contributed by atoms with Crippen molar-refractivity contribution in [3.63, 3.8) is 0 Å². The van der Waals surface area contributed by atoms with Gasteiger partial charge in [-0.15, -0.1) is 0 Å². The summed E-state index contributed by atoms with van der Waals surface area (Å²) in [5.74, 6) is 0. The lowest BCUT2D eigenvalue weighted by molar-refractivity contribution is 0.601. The zero-order valence-electron chi connectivity index (χ0n) is 12.7. The molecule has 3 aromatic rings. The Morgan fingerprint density at radius 1 is 0.739 bits per heavy atom. The molecule has 0 atom stereocenters. The van der Waals surface area contributed by atoms with E-state index < -0.39 is 10.0 Å². The molecule has 0 aliphatic rings. The second-order valence-electron chi connectivity index (χ2n) is 5.37. The Morgan fingerprint density at radius 2 is 1.39 bits per heavy atom. The predicted octanol–water partition coefficient (Wildman–Crippen LogP) is 4.46. The van der Waals surface area contributed by atoms with Gasteiger partial charge in [0.2, 0.25) is 0 Å². The normalized spacial score (nSPS) is 11.2. The second kappa shape index (κ2) is 6.26. The van der Waals surface area contributed by atoms with Gasteiger partial charge in [0.15, 0.2) is 0 Å². The van der Waals surface area contributed by atoms with E-state index in [-0.39, 0.29) is 4.90 Å². The van der Waals surface area contributed by atoms with Crippen molar-refractivity contribution in [2.45, 2.75) is 11.8 Å². The number of rotatable bonds is 4. The molecule has 3 rings (SSSR count). The lowest BCUT2D eigenvalue weighted by atomic mass is 10.1. The summed E-state index contributed by atoms with van der Waals surface area (Å²) in [4.78, 5) is 0.258. The molecular weight excluding hydrogens is 306 g/mol. The highest BCUT2D eigenvalue weighted by Crippen LogP contribution is 2.24. The highest BCUT2D eigenvalue weighted by atomic mass is 32.2. The van der Waals surface area contributed by atoms with Crippen LogP contribution in [0.4, 0.5) is 5.69 Å². The third-order valence-corrected chi connectivity index (χ3v) is 4.95. The smallest absolute Gasteiger partial charge is 0.261 e. The summed E-state index contributed by atoms with van der Waals surface area (Å²) in [6, 6.07) is 24.0. The number of aryl methyl sites for hydroxylation is 1. The van der Waals surface area contributed by atoms with Gasteiger partial charge in [0.05, 0.1) is 4.90 Å². The summed E-state index contributed by atoms with van der Waals surface area (Å²) < 4.78 is 27.5. The molecule has 0 saturated carbocycles. The third kappa shape index (κ3) is 3.60. The first-order chi connectivity index (χ1) is 11.0. The van der Waals surface area contributed by atoms with Crippen molar-refractivity contribution in [3.05, 3.63) is 84.4 Å². The Bertz CT molecular complexity index is 902. The minimum absolute atomic E-state index is 0.258. The molecule has 3 nitrogen and oxygen atoms in total. The van der Waals surface area contributed by atoms with Crippen LogP contribution in [0, 0.1) is 6.92 Å². The maximum Gasteiger partial charge on any atom is 0.261 e. The van der Waals surface area contributed by atoms with Crippen molar-refractivity contribution < 1.29 is 8.42 Å². The number of benzene rings is 3. The number of nitrogens with one attached hydrogen (secondary N) is 1. The van der Waals surface area contributed by atoms with E-state index in [1.165, 1.54) is 0 Å². The van der Waals surface area contributed by atoms with Gasteiger partial charge in [-0.25, -0.2) is 8.42 Å². The summed E-state index contributed by atoms with van der Waals surface area (Å²) >= 11 is 0. The van der Waals surface area contributed by atoms with Crippen molar-refractivity contribution in [2.24, 2.45) is 0 Å². The van der Waals surface area contributed by atoms with Crippen molar-refractivity contribution in [3.8, 4) is 11.1 Å². The Balaban J connectivity index is 1.90. The SMILES string of the molecule is Cc1ccc(S(=O)(=O)Nc2cccc(-c3ccccc3)c2)cc1. The van der Waals surface area contributed by atoms with Crippen LogP contribution in [0.1, 0.15) is 5.56 Å². The van der Waals surface area contributed by atoms with Crippen LogP contribution in [0.5, 0.6) is 0 Å².